The number of rotatable bonds is 2. The smallest absolute Gasteiger partial charge is 0.116 e. The maximum absolute atomic E-state index is 10.4. The molecule has 0 spiro atoms. The Morgan fingerprint density at radius 2 is 1.31 bits per heavy atom. The van der Waals surface area contributed by atoms with Crippen molar-refractivity contribution in [2.75, 3.05) is 0 Å². The highest BCUT2D eigenvalue weighted by molar-refractivity contribution is 5.66. The average Bonchev–Trinajstić information content (AvgIpc) is 2.04. The van der Waals surface area contributed by atoms with Gasteiger partial charge in [0.2, 0.25) is 0 Å². The minimum Gasteiger partial charge on any atom is -0.145 e. The Morgan fingerprint density at radius 1 is 0.923 bits per heavy atom. The molecule has 0 aliphatic carbocycles. The molecule has 0 atom stereocenters. The fraction of sp³-hybridized carbons (Fsp3) is 0.333. The number of nitrogens with zero attached hydrogens (tertiary/aromatic N) is 2. The van der Waals surface area contributed by atoms with Gasteiger partial charge < -0.3 is 0 Å². The van der Waals surface area contributed by atoms with E-state index in [9.17, 15) is 9.81 Å². The van der Waals surface area contributed by atoms with Crippen LogP contribution in [0.5, 0.6) is 0 Å². The zero-order valence-electron chi connectivity index (χ0n) is 7.79. The maximum atomic E-state index is 10.4. The molecule has 0 aromatic heterocycles. The Balaban J connectivity index is 3.56. The van der Waals surface area contributed by atoms with Crippen molar-refractivity contribution >= 4 is 11.4 Å². The number of hydrogen-bond donors (Lipinski definition) is 0. The molecule has 0 bridgehead atoms. The second-order valence-electron chi connectivity index (χ2n) is 3.02. The predicted octanol–water partition coefficient (Wildman–Crippen LogP) is 3.41. The second kappa shape index (κ2) is 3.43. The van der Waals surface area contributed by atoms with E-state index in [0.29, 0.717) is 16.9 Å². The Hall–Kier alpha value is -1.58. The van der Waals surface area contributed by atoms with Crippen LogP contribution in [-0.2, 0) is 0 Å². The van der Waals surface area contributed by atoms with E-state index in [-0.39, 0.29) is 0 Å². The van der Waals surface area contributed by atoms with Gasteiger partial charge in [0, 0.05) is 5.56 Å². The van der Waals surface area contributed by atoms with Crippen LogP contribution >= 0.6 is 0 Å². The molecular weight excluding hydrogens is 168 g/mol. The van der Waals surface area contributed by atoms with Gasteiger partial charge in [0.15, 0.2) is 0 Å². The molecule has 1 aromatic carbocycles. The van der Waals surface area contributed by atoms with Gasteiger partial charge >= 0.3 is 0 Å². The number of nitroso groups, excluding NO2 is 2. The van der Waals surface area contributed by atoms with Crippen molar-refractivity contribution in [2.45, 2.75) is 20.8 Å². The zero-order valence-corrected chi connectivity index (χ0v) is 7.79. The lowest BCUT2D eigenvalue weighted by molar-refractivity contribution is 1.25. The summed E-state index contributed by atoms with van der Waals surface area (Å²) in [6.45, 7) is 5.24. The summed E-state index contributed by atoms with van der Waals surface area (Å²) in [5, 5.41) is 5.74. The number of aryl methyl sites for hydroxylation is 2. The van der Waals surface area contributed by atoms with Gasteiger partial charge in [-0.3, -0.25) is 0 Å². The van der Waals surface area contributed by atoms with Gasteiger partial charge in [0.25, 0.3) is 0 Å². The van der Waals surface area contributed by atoms with E-state index in [2.05, 4.69) is 10.4 Å². The highest BCUT2D eigenvalue weighted by atomic mass is 16.3. The van der Waals surface area contributed by atoms with Crippen LogP contribution in [0.3, 0.4) is 0 Å². The molecule has 0 amide bonds. The van der Waals surface area contributed by atoms with Crippen molar-refractivity contribution in [1.29, 1.82) is 0 Å². The lowest BCUT2D eigenvalue weighted by atomic mass is 10.0. The van der Waals surface area contributed by atoms with Crippen LogP contribution in [-0.4, -0.2) is 0 Å². The van der Waals surface area contributed by atoms with E-state index in [1.807, 2.05) is 0 Å². The molecular formula is C9H10N2O2. The van der Waals surface area contributed by atoms with Gasteiger partial charge in [0.1, 0.15) is 11.4 Å². The van der Waals surface area contributed by atoms with Crippen molar-refractivity contribution < 1.29 is 0 Å². The lowest BCUT2D eigenvalue weighted by Gasteiger charge is -2.06. The Bertz CT molecular complexity index is 340. The van der Waals surface area contributed by atoms with E-state index in [1.54, 1.807) is 26.8 Å². The summed E-state index contributed by atoms with van der Waals surface area (Å²) in [7, 11) is 0. The summed E-state index contributed by atoms with van der Waals surface area (Å²) in [5.41, 5.74) is 2.75. The topological polar surface area (TPSA) is 58.9 Å². The van der Waals surface area contributed by atoms with Crippen LogP contribution in [0.15, 0.2) is 16.4 Å². The molecule has 4 nitrogen and oxygen atoms in total. The van der Waals surface area contributed by atoms with Crippen molar-refractivity contribution in [1.82, 2.24) is 0 Å². The highest BCUT2D eigenvalue weighted by Gasteiger charge is 2.11. The van der Waals surface area contributed by atoms with Crippen LogP contribution < -0.4 is 0 Å². The fourth-order valence-corrected chi connectivity index (χ4v) is 1.45. The lowest BCUT2D eigenvalue weighted by Crippen LogP contribution is -1.85. The fourth-order valence-electron chi connectivity index (χ4n) is 1.45. The quantitative estimate of drug-likeness (QED) is 0.651. The molecule has 0 radical (unpaired) electrons. The molecule has 0 fully saturated rings. The molecule has 0 saturated carbocycles. The third-order valence-corrected chi connectivity index (χ3v) is 2.07. The van der Waals surface area contributed by atoms with E-state index in [0.717, 1.165) is 11.1 Å². The zero-order chi connectivity index (χ0) is 10.0. The average molecular weight is 178 g/mol. The second-order valence-corrected chi connectivity index (χ2v) is 3.02. The summed E-state index contributed by atoms with van der Waals surface area (Å²) in [6.07, 6.45) is 0. The summed E-state index contributed by atoms with van der Waals surface area (Å²) in [5.74, 6) is 0. The van der Waals surface area contributed by atoms with Crippen LogP contribution in [0.4, 0.5) is 11.4 Å². The molecule has 68 valence electrons. The van der Waals surface area contributed by atoms with E-state index < -0.39 is 0 Å². The van der Waals surface area contributed by atoms with E-state index >= 15 is 0 Å². The first kappa shape index (κ1) is 9.51. The van der Waals surface area contributed by atoms with Crippen LogP contribution in [0.2, 0.25) is 0 Å². The van der Waals surface area contributed by atoms with Crippen molar-refractivity contribution in [3.8, 4) is 0 Å². The standard InChI is InChI=1S/C9H10N2O2/c1-5-4-6(2)9(11-13)7(3)8(5)10-12/h4H,1-3H3. The van der Waals surface area contributed by atoms with E-state index in [4.69, 9.17) is 0 Å². The first-order chi connectivity index (χ1) is 6.11. The molecule has 0 heterocycles. The highest BCUT2D eigenvalue weighted by Crippen LogP contribution is 2.34. The number of hydrogen-bond acceptors (Lipinski definition) is 4. The van der Waals surface area contributed by atoms with Gasteiger partial charge in [-0.05, 0) is 42.3 Å². The normalized spacial score (nSPS) is 9.77. The minimum absolute atomic E-state index is 0.320. The van der Waals surface area contributed by atoms with Crippen molar-refractivity contribution in [3.05, 3.63) is 32.6 Å². The van der Waals surface area contributed by atoms with Gasteiger partial charge in [-0.25, -0.2) is 0 Å². The monoisotopic (exact) mass is 178 g/mol. The van der Waals surface area contributed by atoms with E-state index in [1.165, 1.54) is 0 Å². The molecule has 0 aliphatic heterocycles. The SMILES string of the molecule is Cc1cc(C)c(N=O)c(C)c1N=O. The van der Waals surface area contributed by atoms with Gasteiger partial charge in [-0.1, -0.05) is 6.07 Å². The van der Waals surface area contributed by atoms with Crippen LogP contribution in [0.25, 0.3) is 0 Å². The van der Waals surface area contributed by atoms with Gasteiger partial charge in [0.05, 0.1) is 0 Å². The molecule has 0 N–H and O–H groups in total. The summed E-state index contributed by atoms with van der Waals surface area (Å²) in [6, 6.07) is 1.74. The Labute approximate surface area is 75.9 Å². The third-order valence-electron chi connectivity index (χ3n) is 2.07. The molecule has 1 rings (SSSR count). The molecule has 0 aliphatic rings. The molecule has 4 heteroatoms. The predicted molar refractivity (Wildman–Crippen MR) is 51.6 cm³/mol. The van der Waals surface area contributed by atoms with Gasteiger partial charge in [-0.15, -0.1) is 9.81 Å². The Morgan fingerprint density at radius 3 is 1.62 bits per heavy atom. The molecule has 1 aromatic rings. The molecule has 0 saturated heterocycles. The summed E-state index contributed by atoms with van der Waals surface area (Å²) in [4.78, 5) is 20.9. The van der Waals surface area contributed by atoms with Crippen LogP contribution in [0.1, 0.15) is 16.7 Å². The number of benzene rings is 1. The van der Waals surface area contributed by atoms with Crippen molar-refractivity contribution in [3.63, 3.8) is 0 Å². The van der Waals surface area contributed by atoms with Crippen molar-refractivity contribution in [2.24, 2.45) is 10.4 Å². The maximum Gasteiger partial charge on any atom is 0.116 e. The first-order valence-electron chi connectivity index (χ1n) is 3.89. The first-order valence-corrected chi connectivity index (χ1v) is 3.89. The van der Waals surface area contributed by atoms with Crippen LogP contribution in [0, 0.1) is 30.6 Å². The summed E-state index contributed by atoms with van der Waals surface area (Å²) < 4.78 is 0. The molecule has 0 unspecified atom stereocenters. The largest absolute Gasteiger partial charge is 0.145 e. The minimum atomic E-state index is 0.320. The van der Waals surface area contributed by atoms with Gasteiger partial charge in [-0.2, -0.15) is 0 Å². The third kappa shape index (κ3) is 1.47. The summed E-state index contributed by atoms with van der Waals surface area (Å²) >= 11 is 0. The Kier molecular flexibility index (Phi) is 2.51. The molecule has 13 heavy (non-hydrogen) atoms.